The van der Waals surface area contributed by atoms with Crippen molar-refractivity contribution < 1.29 is 51.4 Å². The maximum absolute atomic E-state index is 13.1. The number of carbonyl (C=O) groups is 1. The number of benzene rings is 1. The largest absolute Gasteiger partial charge is 0.487 e. The van der Waals surface area contributed by atoms with Crippen molar-refractivity contribution in [3.05, 3.63) is 34.4 Å². The van der Waals surface area contributed by atoms with E-state index in [1.807, 2.05) is 0 Å². The fourth-order valence-electron chi connectivity index (χ4n) is 1.02. The predicted octanol–water partition coefficient (Wildman–Crippen LogP) is 2.08. The summed E-state index contributed by atoms with van der Waals surface area (Å²) in [5.74, 6) is -3.28. The van der Waals surface area contributed by atoms with E-state index in [2.05, 4.69) is 6.07 Å². The number of carboxylic acid groups (broad SMARTS) is 1. The molecule has 0 fully saturated rings. The van der Waals surface area contributed by atoms with Gasteiger partial charge in [0.05, 0.1) is 0 Å². The molecule has 2 nitrogen and oxygen atoms in total. The molecular formula is C9H7F2O2Y-. The zero-order valence-corrected chi connectivity index (χ0v) is 10.5. The summed E-state index contributed by atoms with van der Waals surface area (Å²) in [5.41, 5.74) is -0.866. The van der Waals surface area contributed by atoms with E-state index in [1.165, 1.54) is 13.8 Å². The number of rotatable bonds is 1. The maximum atomic E-state index is 13.1. The molecule has 0 aliphatic heterocycles. The van der Waals surface area contributed by atoms with E-state index in [-0.39, 0.29) is 43.8 Å². The summed E-state index contributed by atoms with van der Waals surface area (Å²) >= 11 is 0. The Morgan fingerprint density at radius 2 is 1.86 bits per heavy atom. The van der Waals surface area contributed by atoms with Crippen LogP contribution in [0.25, 0.3) is 0 Å². The molecule has 0 aliphatic carbocycles. The van der Waals surface area contributed by atoms with Gasteiger partial charge in [-0.15, -0.1) is 11.6 Å². The molecule has 1 aromatic carbocycles. The van der Waals surface area contributed by atoms with Crippen molar-refractivity contribution in [3.8, 4) is 0 Å². The van der Waals surface area contributed by atoms with Gasteiger partial charge in [-0.05, 0) is 5.56 Å². The Morgan fingerprint density at radius 3 is 2.29 bits per heavy atom. The quantitative estimate of drug-likeness (QED) is 0.796. The van der Waals surface area contributed by atoms with E-state index < -0.39 is 23.2 Å². The van der Waals surface area contributed by atoms with Crippen LogP contribution in [0.3, 0.4) is 0 Å². The smallest absolute Gasteiger partial charge is 0.281 e. The van der Waals surface area contributed by atoms with Crippen LogP contribution in [-0.2, 0) is 32.7 Å². The van der Waals surface area contributed by atoms with Crippen LogP contribution >= 0.6 is 0 Å². The minimum atomic E-state index is -1.41. The van der Waals surface area contributed by atoms with Gasteiger partial charge >= 0.3 is 0 Å². The van der Waals surface area contributed by atoms with Gasteiger partial charge in [0.1, 0.15) is 0 Å². The Morgan fingerprint density at radius 1 is 1.36 bits per heavy atom. The first-order valence-electron chi connectivity index (χ1n) is 3.56. The second kappa shape index (κ2) is 4.94. The fourth-order valence-corrected chi connectivity index (χ4v) is 1.02. The molecule has 0 saturated heterocycles. The van der Waals surface area contributed by atoms with Crippen LogP contribution in [0.1, 0.15) is 21.5 Å². The molecule has 1 aromatic rings. The van der Waals surface area contributed by atoms with Crippen molar-refractivity contribution in [2.24, 2.45) is 0 Å². The molecule has 73 valence electrons. The third kappa shape index (κ3) is 2.36. The average Bonchev–Trinajstić information content (AvgIpc) is 1.99. The molecule has 0 atom stereocenters. The Kier molecular flexibility index (Phi) is 4.82. The van der Waals surface area contributed by atoms with Crippen LogP contribution in [0, 0.1) is 31.5 Å². The summed E-state index contributed by atoms with van der Waals surface area (Å²) in [4.78, 5) is 10.5. The van der Waals surface area contributed by atoms with E-state index in [0.29, 0.717) is 0 Å². The average molecular weight is 274 g/mol. The molecule has 0 heterocycles. The van der Waals surface area contributed by atoms with Gasteiger partial charge in [-0.2, -0.15) is 0 Å². The SMILES string of the molecule is Cc1[c-]c(F)c(C)c(F)c1C(=O)O.[Y]. The molecule has 1 radical (unpaired) electrons. The van der Waals surface area contributed by atoms with Crippen LogP contribution in [0.5, 0.6) is 0 Å². The van der Waals surface area contributed by atoms with E-state index in [0.717, 1.165) is 0 Å². The van der Waals surface area contributed by atoms with Crippen molar-refractivity contribution >= 4 is 5.97 Å². The van der Waals surface area contributed by atoms with Gasteiger partial charge in [0.15, 0.2) is 0 Å². The first-order chi connectivity index (χ1) is 5.95. The maximum Gasteiger partial charge on any atom is 0.281 e. The summed E-state index contributed by atoms with van der Waals surface area (Å²) in [6.45, 7) is 2.47. The topological polar surface area (TPSA) is 37.3 Å². The number of hydrogen-bond acceptors (Lipinski definition) is 1. The molecule has 0 aliphatic rings. The van der Waals surface area contributed by atoms with Crippen molar-refractivity contribution in [3.63, 3.8) is 0 Å². The van der Waals surface area contributed by atoms with Gasteiger partial charge in [-0.3, -0.25) is 4.79 Å². The molecule has 0 amide bonds. The molecule has 0 spiro atoms. The molecule has 0 aromatic heterocycles. The third-order valence-electron chi connectivity index (χ3n) is 1.76. The normalized spacial score (nSPS) is 9.43. The number of aromatic carboxylic acids is 1. The van der Waals surface area contributed by atoms with Gasteiger partial charge in [0.25, 0.3) is 5.97 Å². The van der Waals surface area contributed by atoms with Crippen molar-refractivity contribution in [2.45, 2.75) is 13.8 Å². The Labute approximate surface area is 105 Å². The van der Waals surface area contributed by atoms with Crippen molar-refractivity contribution in [2.75, 3.05) is 0 Å². The molecule has 5 heteroatoms. The van der Waals surface area contributed by atoms with Gasteiger partial charge in [-0.1, -0.05) is 19.4 Å². The second-order valence-corrected chi connectivity index (χ2v) is 2.68. The number of halogens is 2. The standard InChI is InChI=1S/C9H7F2O2.Y/c1-4-3-6(10)5(2)8(11)7(4)9(12)13;/h1-2H3,(H,12,13);/q-1;. The number of aryl methyl sites for hydroxylation is 1. The van der Waals surface area contributed by atoms with Crippen molar-refractivity contribution in [1.82, 2.24) is 0 Å². The molecule has 0 unspecified atom stereocenters. The minimum Gasteiger partial charge on any atom is -0.487 e. The van der Waals surface area contributed by atoms with Gasteiger partial charge in [-0.25, -0.2) is 8.78 Å². The Balaban J connectivity index is 0.00000169. The Bertz CT molecular complexity index is 378. The summed E-state index contributed by atoms with van der Waals surface area (Å²) in [6, 6.07) is 2.14. The third-order valence-corrected chi connectivity index (χ3v) is 1.76. The van der Waals surface area contributed by atoms with Crippen molar-refractivity contribution in [1.29, 1.82) is 0 Å². The van der Waals surface area contributed by atoms with E-state index in [9.17, 15) is 13.6 Å². The predicted molar refractivity (Wildman–Crippen MR) is 41.6 cm³/mol. The molecule has 1 N–H and O–H groups in total. The van der Waals surface area contributed by atoms with Gasteiger partial charge in [0.2, 0.25) is 0 Å². The van der Waals surface area contributed by atoms with Gasteiger partial charge in [0, 0.05) is 44.3 Å². The second-order valence-electron chi connectivity index (χ2n) is 2.68. The van der Waals surface area contributed by atoms with E-state index in [4.69, 9.17) is 5.11 Å². The number of carboxylic acids is 1. The Hall–Kier alpha value is -0.346. The van der Waals surface area contributed by atoms with Crippen LogP contribution in [0.2, 0.25) is 0 Å². The first-order valence-corrected chi connectivity index (χ1v) is 3.56. The summed E-state index contributed by atoms with van der Waals surface area (Å²) < 4.78 is 25.9. The summed E-state index contributed by atoms with van der Waals surface area (Å²) in [7, 11) is 0. The van der Waals surface area contributed by atoms with Crippen LogP contribution < -0.4 is 0 Å². The first kappa shape index (κ1) is 13.7. The van der Waals surface area contributed by atoms with Gasteiger partial charge < -0.3 is 5.11 Å². The molecule has 0 bridgehead atoms. The monoisotopic (exact) mass is 274 g/mol. The van der Waals surface area contributed by atoms with E-state index >= 15 is 0 Å². The van der Waals surface area contributed by atoms with Crippen LogP contribution in [0.15, 0.2) is 0 Å². The molecule has 1 rings (SSSR count). The number of hydrogen-bond donors (Lipinski definition) is 1. The summed E-state index contributed by atoms with van der Waals surface area (Å²) in [5, 5.41) is 8.58. The van der Waals surface area contributed by atoms with E-state index in [1.54, 1.807) is 0 Å². The zero-order chi connectivity index (χ0) is 10.2. The minimum absolute atomic E-state index is 0. The fraction of sp³-hybridized carbons (Fsp3) is 0.222. The molecule has 14 heavy (non-hydrogen) atoms. The molecule has 0 saturated carbocycles. The van der Waals surface area contributed by atoms with Crippen LogP contribution in [0.4, 0.5) is 8.78 Å². The molecular weight excluding hydrogens is 267 g/mol. The zero-order valence-electron chi connectivity index (χ0n) is 7.69. The summed E-state index contributed by atoms with van der Waals surface area (Å²) in [6.07, 6.45) is 0. The van der Waals surface area contributed by atoms with Crippen LogP contribution in [-0.4, -0.2) is 11.1 Å².